The van der Waals surface area contributed by atoms with Crippen molar-refractivity contribution in [2.45, 2.75) is 20.1 Å². The number of hydrogen-bond acceptors (Lipinski definition) is 5. The topological polar surface area (TPSA) is 42.0 Å². The number of benzene rings is 2. The molecule has 30 heavy (non-hydrogen) atoms. The molecular formula is C24H28N2O3S. The Balaban J connectivity index is 1.70. The van der Waals surface area contributed by atoms with E-state index in [2.05, 4.69) is 0 Å². The fourth-order valence-corrected chi connectivity index (χ4v) is 3.72. The third-order valence-corrected chi connectivity index (χ3v) is 5.70. The monoisotopic (exact) mass is 424 g/mol. The Morgan fingerprint density at radius 1 is 1.03 bits per heavy atom. The summed E-state index contributed by atoms with van der Waals surface area (Å²) in [5.41, 5.74) is 2.75. The number of anilines is 1. The zero-order valence-electron chi connectivity index (χ0n) is 17.9. The van der Waals surface area contributed by atoms with E-state index in [0.29, 0.717) is 36.8 Å². The molecule has 0 saturated carbocycles. The number of thiophene rings is 1. The van der Waals surface area contributed by atoms with Crippen molar-refractivity contribution < 1.29 is 14.3 Å². The molecule has 0 radical (unpaired) electrons. The van der Waals surface area contributed by atoms with Gasteiger partial charge in [-0.3, -0.25) is 4.79 Å². The number of ether oxygens (including phenoxy) is 2. The van der Waals surface area contributed by atoms with Crippen molar-refractivity contribution >= 4 is 22.9 Å². The summed E-state index contributed by atoms with van der Waals surface area (Å²) < 4.78 is 11.4. The fraction of sp³-hybridized carbons (Fsp3) is 0.292. The van der Waals surface area contributed by atoms with Gasteiger partial charge in [0.15, 0.2) is 11.5 Å². The average molecular weight is 425 g/mol. The number of methoxy groups -OCH3 is 1. The summed E-state index contributed by atoms with van der Waals surface area (Å²) in [5, 5.41) is 2.03. The van der Waals surface area contributed by atoms with E-state index in [4.69, 9.17) is 9.47 Å². The largest absolute Gasteiger partial charge is 0.493 e. The molecule has 3 rings (SSSR count). The maximum absolute atomic E-state index is 13.0. The third-order valence-electron chi connectivity index (χ3n) is 4.85. The Kier molecular flexibility index (Phi) is 7.36. The summed E-state index contributed by atoms with van der Waals surface area (Å²) in [6.45, 7) is 3.62. The van der Waals surface area contributed by atoms with Gasteiger partial charge in [0.05, 0.1) is 7.11 Å². The first kappa shape index (κ1) is 21.7. The molecule has 0 aliphatic carbocycles. The van der Waals surface area contributed by atoms with Crippen LogP contribution in [0.4, 0.5) is 5.69 Å². The van der Waals surface area contributed by atoms with E-state index >= 15 is 0 Å². The third kappa shape index (κ3) is 5.33. The summed E-state index contributed by atoms with van der Waals surface area (Å²) in [6.07, 6.45) is 0. The van der Waals surface area contributed by atoms with E-state index < -0.39 is 0 Å². The average Bonchev–Trinajstić information content (AvgIpc) is 3.29. The highest BCUT2D eigenvalue weighted by Crippen LogP contribution is 2.30. The molecular weight excluding hydrogens is 396 g/mol. The van der Waals surface area contributed by atoms with Gasteiger partial charge in [-0.25, -0.2) is 0 Å². The second kappa shape index (κ2) is 10.2. The van der Waals surface area contributed by atoms with Gasteiger partial charge in [0.2, 0.25) is 0 Å². The van der Waals surface area contributed by atoms with Gasteiger partial charge in [-0.05, 0) is 60.3 Å². The van der Waals surface area contributed by atoms with E-state index in [-0.39, 0.29) is 5.91 Å². The molecule has 0 aliphatic heterocycles. The standard InChI is InChI=1S/C24H28N2O3S/c1-5-26(24(27)19-9-11-20(12-10-19)25(2)3)16-18-8-13-22(23(15-18)28-4)29-17-21-7-6-14-30-21/h6-15H,5,16-17H2,1-4H3. The number of carbonyl (C=O) groups excluding carboxylic acids is 1. The lowest BCUT2D eigenvalue weighted by Gasteiger charge is -2.22. The predicted molar refractivity (Wildman–Crippen MR) is 123 cm³/mol. The quantitative estimate of drug-likeness (QED) is 0.481. The molecule has 0 saturated heterocycles. The van der Waals surface area contributed by atoms with Gasteiger partial charge in [0.25, 0.3) is 5.91 Å². The zero-order valence-corrected chi connectivity index (χ0v) is 18.7. The maximum atomic E-state index is 13.0. The van der Waals surface area contributed by atoms with Crippen LogP contribution in [0.15, 0.2) is 60.0 Å². The van der Waals surface area contributed by atoms with Gasteiger partial charge < -0.3 is 19.3 Å². The minimum Gasteiger partial charge on any atom is -0.493 e. The second-order valence-electron chi connectivity index (χ2n) is 7.11. The minimum absolute atomic E-state index is 0.0137. The molecule has 0 N–H and O–H groups in total. The number of carbonyl (C=O) groups is 1. The van der Waals surface area contributed by atoms with Crippen molar-refractivity contribution in [1.82, 2.24) is 4.90 Å². The molecule has 158 valence electrons. The Morgan fingerprint density at radius 2 is 1.80 bits per heavy atom. The van der Waals surface area contributed by atoms with E-state index in [1.54, 1.807) is 18.4 Å². The lowest BCUT2D eigenvalue weighted by Crippen LogP contribution is -2.30. The van der Waals surface area contributed by atoms with Crippen LogP contribution in [-0.4, -0.2) is 38.6 Å². The molecule has 2 aromatic carbocycles. The van der Waals surface area contributed by atoms with Crippen molar-refractivity contribution in [1.29, 1.82) is 0 Å². The van der Waals surface area contributed by atoms with Crippen molar-refractivity contribution in [3.8, 4) is 11.5 Å². The highest BCUT2D eigenvalue weighted by molar-refractivity contribution is 7.09. The van der Waals surface area contributed by atoms with Crippen LogP contribution in [0.25, 0.3) is 0 Å². The number of rotatable bonds is 9. The van der Waals surface area contributed by atoms with Crippen LogP contribution in [-0.2, 0) is 13.2 Å². The van der Waals surface area contributed by atoms with Gasteiger partial charge >= 0.3 is 0 Å². The molecule has 5 nitrogen and oxygen atoms in total. The number of amides is 1. The molecule has 6 heteroatoms. The van der Waals surface area contributed by atoms with Crippen molar-refractivity contribution in [2.24, 2.45) is 0 Å². The van der Waals surface area contributed by atoms with Gasteiger partial charge in [0.1, 0.15) is 6.61 Å². The Bertz CT molecular complexity index is 953. The van der Waals surface area contributed by atoms with Crippen molar-refractivity contribution in [3.63, 3.8) is 0 Å². The molecule has 0 fully saturated rings. The lowest BCUT2D eigenvalue weighted by molar-refractivity contribution is 0.0752. The SMILES string of the molecule is CCN(Cc1ccc(OCc2cccs2)c(OC)c1)C(=O)c1ccc(N(C)C)cc1. The van der Waals surface area contributed by atoms with Gasteiger partial charge in [-0.15, -0.1) is 11.3 Å². The Hall–Kier alpha value is -2.99. The molecule has 1 aromatic heterocycles. The molecule has 0 unspecified atom stereocenters. The van der Waals surface area contributed by atoms with E-state index in [0.717, 1.165) is 16.1 Å². The molecule has 0 spiro atoms. The minimum atomic E-state index is 0.0137. The van der Waals surface area contributed by atoms with Crippen LogP contribution in [0.1, 0.15) is 27.7 Å². The van der Waals surface area contributed by atoms with Crippen LogP contribution in [0.5, 0.6) is 11.5 Å². The molecule has 1 heterocycles. The van der Waals surface area contributed by atoms with E-state index in [9.17, 15) is 4.79 Å². The van der Waals surface area contributed by atoms with Crippen LogP contribution >= 0.6 is 11.3 Å². The van der Waals surface area contributed by atoms with Crippen molar-refractivity contribution in [2.75, 3.05) is 32.6 Å². The second-order valence-corrected chi connectivity index (χ2v) is 8.15. The van der Waals surface area contributed by atoms with Crippen LogP contribution in [0.3, 0.4) is 0 Å². The lowest BCUT2D eigenvalue weighted by atomic mass is 10.1. The summed E-state index contributed by atoms with van der Waals surface area (Å²) in [6, 6.07) is 17.6. The van der Waals surface area contributed by atoms with Crippen LogP contribution < -0.4 is 14.4 Å². The first-order valence-corrected chi connectivity index (χ1v) is 10.8. The summed E-state index contributed by atoms with van der Waals surface area (Å²) >= 11 is 1.66. The fourth-order valence-electron chi connectivity index (χ4n) is 3.11. The first-order chi connectivity index (χ1) is 14.5. The van der Waals surface area contributed by atoms with Crippen LogP contribution in [0.2, 0.25) is 0 Å². The summed E-state index contributed by atoms with van der Waals surface area (Å²) in [5.74, 6) is 1.38. The van der Waals surface area contributed by atoms with Gasteiger partial charge in [0, 0.05) is 43.3 Å². The molecule has 0 bridgehead atoms. The maximum Gasteiger partial charge on any atom is 0.254 e. The predicted octanol–water partition coefficient (Wildman–Crippen LogP) is 5.06. The van der Waals surface area contributed by atoms with Gasteiger partial charge in [-0.2, -0.15) is 0 Å². The van der Waals surface area contributed by atoms with Crippen LogP contribution in [0, 0.1) is 0 Å². The molecule has 1 amide bonds. The summed E-state index contributed by atoms with van der Waals surface area (Å²) in [4.78, 5) is 18.0. The Morgan fingerprint density at radius 3 is 2.40 bits per heavy atom. The number of hydrogen-bond donors (Lipinski definition) is 0. The summed E-state index contributed by atoms with van der Waals surface area (Å²) in [7, 11) is 5.60. The van der Waals surface area contributed by atoms with E-state index in [1.807, 2.05) is 90.8 Å². The van der Waals surface area contributed by atoms with E-state index in [1.165, 1.54) is 0 Å². The molecule has 0 atom stereocenters. The normalized spacial score (nSPS) is 10.5. The molecule has 3 aromatic rings. The smallest absolute Gasteiger partial charge is 0.254 e. The highest BCUT2D eigenvalue weighted by Gasteiger charge is 2.16. The number of nitrogens with zero attached hydrogens (tertiary/aromatic N) is 2. The van der Waals surface area contributed by atoms with Gasteiger partial charge in [-0.1, -0.05) is 12.1 Å². The Labute approximate surface area is 182 Å². The highest BCUT2D eigenvalue weighted by atomic mass is 32.1. The molecule has 0 aliphatic rings. The van der Waals surface area contributed by atoms with Crippen molar-refractivity contribution in [3.05, 3.63) is 76.0 Å². The zero-order chi connectivity index (χ0) is 21.5. The first-order valence-electron chi connectivity index (χ1n) is 9.90.